The maximum atomic E-state index is 10.8. The van der Waals surface area contributed by atoms with E-state index in [0.717, 1.165) is 49.3 Å². The van der Waals surface area contributed by atoms with Crippen LogP contribution in [0, 0.1) is 17.3 Å². The van der Waals surface area contributed by atoms with E-state index in [-0.39, 0.29) is 0 Å². The summed E-state index contributed by atoms with van der Waals surface area (Å²) in [4.78, 5) is 2.58. The Morgan fingerprint density at radius 2 is 2.29 bits per heavy atom. The molecule has 5 rings (SSSR count). The van der Waals surface area contributed by atoms with Gasteiger partial charge in [0.05, 0.1) is 0 Å². The minimum atomic E-state index is -0.689. The van der Waals surface area contributed by atoms with Crippen molar-refractivity contribution >= 4 is 6.08 Å². The molecule has 0 aromatic carbocycles. The standard InChI is InChI=1S/C23H37N7O/c1-16-5-3-8-23(12-18(16)23)14-29-10-4-6-17(19(24)13-29)11-21(31)26-22(2)9-7-20-27-25-15-30(20)28-22/h7,9,15-16,18,21,26,28,31H,3-6,8,10-14,24H2,1-2H3/t16-,18+,21?,22-,23?/m0/s1. The van der Waals surface area contributed by atoms with Gasteiger partial charge >= 0.3 is 0 Å². The van der Waals surface area contributed by atoms with Crippen molar-refractivity contribution in [1.82, 2.24) is 25.1 Å². The SMILES string of the molecule is C[C@H]1CCCC2(CN3CCCC(CC(O)N[C@]4(C)C=Cc5nncn5N4)=C(N)C3)C[C@H]12. The van der Waals surface area contributed by atoms with E-state index in [0.29, 0.717) is 11.8 Å². The van der Waals surface area contributed by atoms with Gasteiger partial charge in [0.15, 0.2) is 5.82 Å². The van der Waals surface area contributed by atoms with E-state index in [9.17, 15) is 5.11 Å². The van der Waals surface area contributed by atoms with Crippen LogP contribution in [0.2, 0.25) is 0 Å². The van der Waals surface area contributed by atoms with Crippen molar-refractivity contribution in [2.75, 3.05) is 25.1 Å². The zero-order chi connectivity index (χ0) is 21.6. The molecule has 8 heteroatoms. The van der Waals surface area contributed by atoms with Gasteiger partial charge in [0.1, 0.15) is 18.2 Å². The van der Waals surface area contributed by atoms with Crippen molar-refractivity contribution in [1.29, 1.82) is 0 Å². The third-order valence-electron chi connectivity index (χ3n) is 8.01. The highest BCUT2D eigenvalue weighted by molar-refractivity contribution is 5.46. The predicted molar refractivity (Wildman–Crippen MR) is 121 cm³/mol. The van der Waals surface area contributed by atoms with Gasteiger partial charge in [-0.05, 0) is 74.1 Å². The first-order valence-corrected chi connectivity index (χ1v) is 11.9. The number of hydrogen-bond donors (Lipinski definition) is 4. The minimum absolute atomic E-state index is 0.546. The zero-order valence-corrected chi connectivity index (χ0v) is 18.8. The smallest absolute Gasteiger partial charge is 0.174 e. The molecule has 2 saturated carbocycles. The lowest BCUT2D eigenvalue weighted by atomic mass is 9.82. The molecule has 0 saturated heterocycles. The Balaban J connectivity index is 1.18. The van der Waals surface area contributed by atoms with E-state index in [1.807, 2.05) is 19.1 Å². The first-order chi connectivity index (χ1) is 14.9. The van der Waals surface area contributed by atoms with Crippen LogP contribution in [0.5, 0.6) is 0 Å². The first kappa shape index (κ1) is 21.0. The third kappa shape index (κ3) is 4.25. The highest BCUT2D eigenvalue weighted by atomic mass is 16.3. The number of aliphatic hydroxyl groups excluding tert-OH is 1. The summed E-state index contributed by atoms with van der Waals surface area (Å²) in [5.41, 5.74) is 12.0. The van der Waals surface area contributed by atoms with Crippen LogP contribution in [0.15, 0.2) is 23.7 Å². The van der Waals surface area contributed by atoms with E-state index in [1.54, 1.807) is 11.0 Å². The topological polar surface area (TPSA) is 104 Å². The fourth-order valence-electron chi connectivity index (χ4n) is 6.31. The van der Waals surface area contributed by atoms with Gasteiger partial charge in [-0.25, -0.2) is 4.68 Å². The zero-order valence-electron chi connectivity index (χ0n) is 18.8. The quantitative estimate of drug-likeness (QED) is 0.515. The number of fused-ring (bicyclic) bond motifs is 2. The summed E-state index contributed by atoms with van der Waals surface area (Å²) < 4.78 is 1.76. The number of rotatable bonds is 6. The van der Waals surface area contributed by atoms with E-state index in [4.69, 9.17) is 5.73 Å². The number of aromatic nitrogens is 3. The molecular formula is C23H37N7O. The Morgan fingerprint density at radius 3 is 3.16 bits per heavy atom. The number of aliphatic hydroxyl groups is 1. The summed E-state index contributed by atoms with van der Waals surface area (Å²) in [5.74, 6) is 2.57. The molecule has 0 amide bonds. The van der Waals surface area contributed by atoms with Gasteiger partial charge in [-0.2, -0.15) is 0 Å². The van der Waals surface area contributed by atoms with E-state index in [1.165, 1.54) is 37.8 Å². The Labute approximate surface area is 184 Å². The number of nitrogens with one attached hydrogen (secondary N) is 2. The van der Waals surface area contributed by atoms with Gasteiger partial charge in [0.25, 0.3) is 0 Å². The second kappa shape index (κ2) is 7.90. The van der Waals surface area contributed by atoms with Crippen molar-refractivity contribution < 1.29 is 5.11 Å². The van der Waals surface area contributed by atoms with E-state index < -0.39 is 11.9 Å². The average molecular weight is 428 g/mol. The molecule has 1 aromatic heterocycles. The molecule has 2 aliphatic carbocycles. The van der Waals surface area contributed by atoms with Gasteiger partial charge in [0.2, 0.25) is 0 Å². The molecule has 4 aliphatic rings. The van der Waals surface area contributed by atoms with Crippen LogP contribution in [-0.2, 0) is 0 Å². The van der Waals surface area contributed by atoms with E-state index in [2.05, 4.69) is 32.8 Å². The van der Waals surface area contributed by atoms with Gasteiger partial charge in [-0.1, -0.05) is 19.8 Å². The minimum Gasteiger partial charge on any atom is -0.401 e. The molecule has 0 spiro atoms. The predicted octanol–water partition coefficient (Wildman–Crippen LogP) is 2.00. The summed E-state index contributed by atoms with van der Waals surface area (Å²) in [6.45, 7) is 7.57. The average Bonchev–Trinajstić information content (AvgIpc) is 3.31. The maximum Gasteiger partial charge on any atom is 0.174 e. The fourth-order valence-corrected chi connectivity index (χ4v) is 6.31. The van der Waals surface area contributed by atoms with Gasteiger partial charge in [0, 0.05) is 25.2 Å². The number of nitrogens with two attached hydrogens (primary N) is 1. The highest BCUT2D eigenvalue weighted by Gasteiger charge is 2.57. The summed E-state index contributed by atoms with van der Waals surface area (Å²) in [6.07, 6.45) is 13.0. The van der Waals surface area contributed by atoms with Crippen LogP contribution in [-0.4, -0.2) is 56.4 Å². The van der Waals surface area contributed by atoms with Gasteiger partial charge in [-0.15, -0.1) is 10.2 Å². The second-order valence-corrected chi connectivity index (χ2v) is 10.6. The Bertz CT molecular complexity index is 879. The van der Waals surface area contributed by atoms with Crippen LogP contribution >= 0.6 is 0 Å². The summed E-state index contributed by atoms with van der Waals surface area (Å²) in [7, 11) is 0. The molecule has 8 nitrogen and oxygen atoms in total. The first-order valence-electron chi connectivity index (χ1n) is 11.9. The van der Waals surface area contributed by atoms with E-state index >= 15 is 0 Å². The highest BCUT2D eigenvalue weighted by Crippen LogP contribution is 2.63. The van der Waals surface area contributed by atoms with Crippen molar-refractivity contribution in [3.63, 3.8) is 0 Å². The molecule has 0 bridgehead atoms. The normalized spacial score (nSPS) is 36.4. The Hall–Kier alpha value is -1.90. The van der Waals surface area contributed by atoms with Crippen molar-refractivity contribution in [2.24, 2.45) is 23.0 Å². The van der Waals surface area contributed by atoms with Gasteiger partial charge < -0.3 is 10.8 Å². The van der Waals surface area contributed by atoms with Crippen molar-refractivity contribution in [3.8, 4) is 0 Å². The van der Waals surface area contributed by atoms with Crippen LogP contribution in [0.1, 0.15) is 64.6 Å². The molecule has 0 radical (unpaired) electrons. The third-order valence-corrected chi connectivity index (χ3v) is 8.01. The summed E-state index contributed by atoms with van der Waals surface area (Å²) >= 11 is 0. The second-order valence-electron chi connectivity index (χ2n) is 10.6. The Morgan fingerprint density at radius 1 is 1.42 bits per heavy atom. The molecule has 2 unspecified atom stereocenters. The van der Waals surface area contributed by atoms with Gasteiger partial charge in [-0.3, -0.25) is 15.6 Å². The molecular weight excluding hydrogens is 390 g/mol. The van der Waals surface area contributed by atoms with Crippen molar-refractivity contribution in [3.05, 3.63) is 29.5 Å². The van der Waals surface area contributed by atoms with Crippen molar-refractivity contribution in [2.45, 2.75) is 70.7 Å². The molecule has 2 aliphatic heterocycles. The number of hydrogen-bond acceptors (Lipinski definition) is 7. The van der Waals surface area contributed by atoms with Crippen LogP contribution in [0.4, 0.5) is 0 Å². The lowest BCUT2D eigenvalue weighted by molar-refractivity contribution is 0.111. The molecule has 170 valence electrons. The van der Waals surface area contributed by atoms with Crippen LogP contribution in [0.3, 0.4) is 0 Å². The monoisotopic (exact) mass is 427 g/mol. The molecule has 2 fully saturated rings. The lowest BCUT2D eigenvalue weighted by Gasteiger charge is -2.35. The molecule has 5 N–H and O–H groups in total. The molecule has 31 heavy (non-hydrogen) atoms. The molecule has 5 atom stereocenters. The summed E-state index contributed by atoms with van der Waals surface area (Å²) in [6, 6.07) is 0. The number of nitrogens with zero attached hydrogens (tertiary/aromatic N) is 4. The maximum absolute atomic E-state index is 10.8. The van der Waals surface area contributed by atoms with Crippen LogP contribution < -0.4 is 16.5 Å². The lowest BCUT2D eigenvalue weighted by Crippen LogP contribution is -2.56. The summed E-state index contributed by atoms with van der Waals surface area (Å²) in [5, 5.41) is 22.0. The molecule has 1 aromatic rings. The fraction of sp³-hybridized carbons (Fsp3) is 0.739. The van der Waals surface area contributed by atoms with Crippen LogP contribution in [0.25, 0.3) is 6.08 Å². The Kier molecular flexibility index (Phi) is 5.35. The molecule has 3 heterocycles. The largest absolute Gasteiger partial charge is 0.401 e.